The van der Waals surface area contributed by atoms with Gasteiger partial charge in [0.15, 0.2) is 0 Å². The van der Waals surface area contributed by atoms with Crippen molar-refractivity contribution in [2.75, 3.05) is 6.54 Å². The van der Waals surface area contributed by atoms with Gasteiger partial charge in [0.2, 0.25) is 5.91 Å². The zero-order chi connectivity index (χ0) is 19.9. The molecule has 2 aromatic heterocycles. The Morgan fingerprint density at radius 2 is 1.62 bits per heavy atom. The summed E-state index contributed by atoms with van der Waals surface area (Å²) in [6.07, 6.45) is 5.60. The maximum absolute atomic E-state index is 12.9. The first kappa shape index (κ1) is 18.7. The Labute approximate surface area is 170 Å². The largest absolute Gasteiger partial charge is 0.467 e. The predicted octanol–water partition coefficient (Wildman–Crippen LogP) is 4.40. The van der Waals surface area contributed by atoms with E-state index in [0.717, 1.165) is 16.9 Å². The number of furan rings is 1. The van der Waals surface area contributed by atoms with Crippen LogP contribution in [0.25, 0.3) is 0 Å². The molecule has 29 heavy (non-hydrogen) atoms. The maximum atomic E-state index is 12.9. The number of rotatable bonds is 8. The van der Waals surface area contributed by atoms with Crippen LogP contribution >= 0.6 is 0 Å². The second-order valence-corrected chi connectivity index (χ2v) is 6.90. The summed E-state index contributed by atoms with van der Waals surface area (Å²) in [7, 11) is 0. The summed E-state index contributed by atoms with van der Waals surface area (Å²) in [4.78, 5) is 12.9. The number of hydrogen-bond acceptors (Lipinski definition) is 3. The molecular formula is C24H23N3O2. The molecule has 0 saturated carbocycles. The molecule has 5 nitrogen and oxygen atoms in total. The predicted molar refractivity (Wildman–Crippen MR) is 111 cm³/mol. The molecule has 1 atom stereocenters. The van der Waals surface area contributed by atoms with Crippen LogP contribution in [0, 0.1) is 0 Å². The van der Waals surface area contributed by atoms with Gasteiger partial charge in [-0.2, -0.15) is 5.10 Å². The van der Waals surface area contributed by atoms with Crippen molar-refractivity contribution >= 4 is 5.91 Å². The van der Waals surface area contributed by atoms with Crippen molar-refractivity contribution in [1.29, 1.82) is 0 Å². The third kappa shape index (κ3) is 4.63. The Hall–Kier alpha value is -3.60. The first-order valence-corrected chi connectivity index (χ1v) is 9.70. The zero-order valence-corrected chi connectivity index (χ0v) is 16.0. The van der Waals surface area contributed by atoms with Gasteiger partial charge in [0.05, 0.1) is 6.26 Å². The SMILES string of the molecule is O=C(CC(c1ccccc1)c1ccccc1)NCC(c1ccco1)n1cccn1. The average Bonchev–Trinajstić information content (AvgIpc) is 3.48. The molecule has 5 heteroatoms. The number of carbonyl (C=O) groups excluding carboxylic acids is 1. The van der Waals surface area contributed by atoms with Crippen LogP contribution in [0.15, 0.2) is 102 Å². The first-order chi connectivity index (χ1) is 14.3. The van der Waals surface area contributed by atoms with Gasteiger partial charge < -0.3 is 9.73 Å². The van der Waals surface area contributed by atoms with E-state index in [1.54, 1.807) is 17.1 Å². The number of amides is 1. The van der Waals surface area contributed by atoms with E-state index in [-0.39, 0.29) is 17.9 Å². The molecule has 0 spiro atoms. The summed E-state index contributed by atoms with van der Waals surface area (Å²) in [6.45, 7) is 0.407. The Bertz CT molecular complexity index is 923. The van der Waals surface area contributed by atoms with Gasteiger partial charge in [0.1, 0.15) is 11.8 Å². The molecule has 1 unspecified atom stereocenters. The number of nitrogens with zero attached hydrogens (tertiary/aromatic N) is 2. The third-order valence-electron chi connectivity index (χ3n) is 5.00. The maximum Gasteiger partial charge on any atom is 0.221 e. The molecule has 1 amide bonds. The van der Waals surface area contributed by atoms with E-state index in [1.165, 1.54) is 0 Å². The van der Waals surface area contributed by atoms with Crippen LogP contribution < -0.4 is 5.32 Å². The molecule has 0 radical (unpaired) electrons. The summed E-state index contributed by atoms with van der Waals surface area (Å²) >= 11 is 0. The van der Waals surface area contributed by atoms with Crippen molar-refractivity contribution in [3.8, 4) is 0 Å². The van der Waals surface area contributed by atoms with Gasteiger partial charge in [-0.25, -0.2) is 0 Å². The van der Waals surface area contributed by atoms with E-state index < -0.39 is 0 Å². The Morgan fingerprint density at radius 3 is 2.17 bits per heavy atom. The smallest absolute Gasteiger partial charge is 0.221 e. The number of carbonyl (C=O) groups is 1. The van der Waals surface area contributed by atoms with E-state index in [9.17, 15) is 4.79 Å². The van der Waals surface area contributed by atoms with E-state index in [4.69, 9.17) is 4.42 Å². The van der Waals surface area contributed by atoms with Gasteiger partial charge in [-0.1, -0.05) is 60.7 Å². The van der Waals surface area contributed by atoms with E-state index in [0.29, 0.717) is 13.0 Å². The Kier molecular flexibility index (Phi) is 5.86. The molecule has 0 bridgehead atoms. The second kappa shape index (κ2) is 9.06. The van der Waals surface area contributed by atoms with E-state index in [1.807, 2.05) is 60.8 Å². The molecule has 0 fully saturated rings. The highest BCUT2D eigenvalue weighted by Crippen LogP contribution is 2.28. The molecule has 146 valence electrons. The Balaban J connectivity index is 1.48. The fraction of sp³-hybridized carbons (Fsp3) is 0.167. The standard InChI is InChI=1S/C24H23N3O2/c28-24(25-18-22(23-13-7-16-29-23)27-15-8-14-26-27)17-21(19-9-3-1-4-10-19)20-11-5-2-6-12-20/h1-16,21-22H,17-18H2,(H,25,28). The van der Waals surface area contributed by atoms with Crippen LogP contribution in [-0.2, 0) is 4.79 Å². The van der Waals surface area contributed by atoms with Gasteiger partial charge in [-0.05, 0) is 29.3 Å². The highest BCUT2D eigenvalue weighted by Gasteiger charge is 2.21. The molecule has 0 saturated heterocycles. The summed E-state index contributed by atoms with van der Waals surface area (Å²) in [5, 5.41) is 7.38. The lowest BCUT2D eigenvalue weighted by atomic mass is 9.88. The van der Waals surface area contributed by atoms with Crippen molar-refractivity contribution in [3.05, 3.63) is 114 Å². The number of nitrogens with one attached hydrogen (secondary N) is 1. The van der Waals surface area contributed by atoms with Crippen molar-refractivity contribution < 1.29 is 9.21 Å². The molecule has 0 aliphatic rings. The fourth-order valence-corrected chi connectivity index (χ4v) is 3.54. The molecule has 1 N–H and O–H groups in total. The van der Waals surface area contributed by atoms with Crippen LogP contribution in [0.3, 0.4) is 0 Å². The summed E-state index contributed by atoms with van der Waals surface area (Å²) in [5.74, 6) is 0.757. The number of benzene rings is 2. The van der Waals surface area contributed by atoms with Crippen LogP contribution in [0.4, 0.5) is 0 Å². The van der Waals surface area contributed by atoms with Crippen molar-refractivity contribution in [2.24, 2.45) is 0 Å². The van der Waals surface area contributed by atoms with Crippen molar-refractivity contribution in [3.63, 3.8) is 0 Å². The first-order valence-electron chi connectivity index (χ1n) is 9.70. The lowest BCUT2D eigenvalue weighted by Crippen LogP contribution is -2.32. The zero-order valence-electron chi connectivity index (χ0n) is 16.0. The topological polar surface area (TPSA) is 60.1 Å². The second-order valence-electron chi connectivity index (χ2n) is 6.90. The van der Waals surface area contributed by atoms with Crippen LogP contribution in [0.2, 0.25) is 0 Å². The fourth-order valence-electron chi connectivity index (χ4n) is 3.54. The summed E-state index contributed by atoms with van der Waals surface area (Å²) in [5.41, 5.74) is 2.26. The monoisotopic (exact) mass is 385 g/mol. The normalized spacial score (nSPS) is 12.0. The lowest BCUT2D eigenvalue weighted by molar-refractivity contribution is -0.121. The average molecular weight is 385 g/mol. The van der Waals surface area contributed by atoms with E-state index in [2.05, 4.69) is 34.7 Å². The van der Waals surface area contributed by atoms with Crippen LogP contribution in [0.1, 0.15) is 35.3 Å². The molecule has 0 aliphatic heterocycles. The minimum atomic E-state index is -0.184. The molecular weight excluding hydrogens is 362 g/mol. The van der Waals surface area contributed by atoms with Gasteiger partial charge in [0, 0.05) is 31.3 Å². The minimum Gasteiger partial charge on any atom is -0.467 e. The number of aromatic nitrogens is 2. The van der Waals surface area contributed by atoms with Gasteiger partial charge in [-0.3, -0.25) is 9.48 Å². The van der Waals surface area contributed by atoms with E-state index >= 15 is 0 Å². The summed E-state index contributed by atoms with van der Waals surface area (Å²) < 4.78 is 7.36. The van der Waals surface area contributed by atoms with Crippen molar-refractivity contribution in [2.45, 2.75) is 18.4 Å². The van der Waals surface area contributed by atoms with Gasteiger partial charge in [-0.15, -0.1) is 0 Å². The molecule has 4 rings (SSSR count). The molecule has 2 aromatic carbocycles. The molecule has 4 aromatic rings. The highest BCUT2D eigenvalue weighted by molar-refractivity contribution is 5.77. The lowest BCUT2D eigenvalue weighted by Gasteiger charge is -2.20. The van der Waals surface area contributed by atoms with Crippen molar-refractivity contribution in [1.82, 2.24) is 15.1 Å². The van der Waals surface area contributed by atoms with Crippen LogP contribution in [0.5, 0.6) is 0 Å². The molecule has 2 heterocycles. The van der Waals surface area contributed by atoms with Crippen LogP contribution in [-0.4, -0.2) is 22.2 Å². The third-order valence-corrected chi connectivity index (χ3v) is 5.00. The van der Waals surface area contributed by atoms with Gasteiger partial charge >= 0.3 is 0 Å². The summed E-state index contributed by atoms with van der Waals surface area (Å²) in [6, 6.07) is 25.7. The minimum absolute atomic E-state index is 0.00386. The highest BCUT2D eigenvalue weighted by atomic mass is 16.3. The number of hydrogen-bond donors (Lipinski definition) is 1. The Morgan fingerprint density at radius 1 is 0.931 bits per heavy atom. The van der Waals surface area contributed by atoms with Gasteiger partial charge in [0.25, 0.3) is 0 Å². The quantitative estimate of drug-likeness (QED) is 0.489. The molecule has 0 aliphatic carbocycles.